The van der Waals surface area contributed by atoms with Crippen molar-refractivity contribution >= 4 is 28.9 Å². The Hall–Kier alpha value is -2.34. The van der Waals surface area contributed by atoms with Crippen LogP contribution in [0.15, 0.2) is 29.6 Å². The van der Waals surface area contributed by atoms with Gasteiger partial charge in [-0.1, -0.05) is 12.1 Å². The number of methoxy groups -OCH3 is 1. The van der Waals surface area contributed by atoms with E-state index in [4.69, 9.17) is 4.74 Å². The van der Waals surface area contributed by atoms with E-state index in [0.29, 0.717) is 16.2 Å². The topological polar surface area (TPSA) is 75.6 Å². The van der Waals surface area contributed by atoms with Gasteiger partial charge in [0, 0.05) is 11.4 Å². The molecule has 0 bridgehead atoms. The predicted molar refractivity (Wildman–Crippen MR) is 77.0 cm³/mol. The summed E-state index contributed by atoms with van der Waals surface area (Å²) in [6.07, 6.45) is 0. The average Bonchev–Trinajstić information content (AvgIpc) is 2.87. The minimum absolute atomic E-state index is 0.101. The van der Waals surface area contributed by atoms with Crippen LogP contribution in [0, 0.1) is 6.92 Å². The SMILES string of the molecule is COc1csc(C(=O)Nc2cccc(C)c2C(=O)O)c1. The molecule has 0 unspecified atom stereocenters. The van der Waals surface area contributed by atoms with E-state index in [9.17, 15) is 14.7 Å². The van der Waals surface area contributed by atoms with Crippen LogP contribution < -0.4 is 10.1 Å². The van der Waals surface area contributed by atoms with Crippen LogP contribution in [-0.4, -0.2) is 24.1 Å². The van der Waals surface area contributed by atoms with Crippen molar-refractivity contribution in [1.82, 2.24) is 0 Å². The molecule has 2 aromatic rings. The highest BCUT2D eigenvalue weighted by Crippen LogP contribution is 2.24. The number of hydrogen-bond acceptors (Lipinski definition) is 4. The molecule has 1 aromatic heterocycles. The van der Waals surface area contributed by atoms with Gasteiger partial charge in [0.1, 0.15) is 5.75 Å². The number of rotatable bonds is 4. The Balaban J connectivity index is 2.28. The molecular weight excluding hydrogens is 278 g/mol. The molecule has 2 rings (SSSR count). The lowest BCUT2D eigenvalue weighted by atomic mass is 10.1. The first kappa shape index (κ1) is 14.1. The molecule has 0 fully saturated rings. The normalized spacial score (nSPS) is 10.1. The molecule has 0 aliphatic heterocycles. The summed E-state index contributed by atoms with van der Waals surface area (Å²) in [5.74, 6) is -0.823. The molecule has 0 atom stereocenters. The number of anilines is 1. The van der Waals surface area contributed by atoms with E-state index in [0.717, 1.165) is 0 Å². The van der Waals surface area contributed by atoms with Crippen molar-refractivity contribution in [3.05, 3.63) is 45.6 Å². The van der Waals surface area contributed by atoms with Crippen molar-refractivity contribution < 1.29 is 19.4 Å². The fourth-order valence-electron chi connectivity index (χ4n) is 1.78. The quantitative estimate of drug-likeness (QED) is 0.908. The van der Waals surface area contributed by atoms with Crippen LogP contribution in [0.5, 0.6) is 5.75 Å². The number of aromatic carboxylic acids is 1. The summed E-state index contributed by atoms with van der Waals surface area (Å²) in [6, 6.07) is 6.56. The standard InChI is InChI=1S/C14H13NO4S/c1-8-4-3-5-10(12(8)14(17)18)15-13(16)11-6-9(19-2)7-20-11/h3-7H,1-2H3,(H,15,16)(H,17,18). The molecule has 1 heterocycles. The summed E-state index contributed by atoms with van der Waals surface area (Å²) in [5.41, 5.74) is 0.985. The molecule has 2 N–H and O–H groups in total. The van der Waals surface area contributed by atoms with Gasteiger partial charge in [0.2, 0.25) is 0 Å². The maximum absolute atomic E-state index is 12.1. The summed E-state index contributed by atoms with van der Waals surface area (Å²) in [7, 11) is 1.52. The molecule has 1 aromatic carbocycles. The van der Waals surface area contributed by atoms with E-state index in [2.05, 4.69) is 5.32 Å². The van der Waals surface area contributed by atoms with Gasteiger partial charge in [-0.25, -0.2) is 4.79 Å². The Morgan fingerprint density at radius 3 is 2.70 bits per heavy atom. The first-order valence-electron chi connectivity index (χ1n) is 5.79. The summed E-state index contributed by atoms with van der Waals surface area (Å²) < 4.78 is 5.01. The summed E-state index contributed by atoms with van der Waals surface area (Å²) in [6.45, 7) is 1.69. The maximum atomic E-state index is 12.1. The Morgan fingerprint density at radius 2 is 2.10 bits per heavy atom. The number of carbonyl (C=O) groups is 2. The van der Waals surface area contributed by atoms with Crippen molar-refractivity contribution in [1.29, 1.82) is 0 Å². The van der Waals surface area contributed by atoms with Gasteiger partial charge in [-0.15, -0.1) is 11.3 Å². The number of thiophene rings is 1. The number of hydrogen-bond donors (Lipinski definition) is 2. The molecule has 6 heteroatoms. The van der Waals surface area contributed by atoms with Crippen molar-refractivity contribution in [2.24, 2.45) is 0 Å². The van der Waals surface area contributed by atoms with Gasteiger partial charge in [-0.3, -0.25) is 4.79 Å². The zero-order valence-electron chi connectivity index (χ0n) is 11.0. The molecule has 0 saturated carbocycles. The molecule has 5 nitrogen and oxygen atoms in total. The van der Waals surface area contributed by atoms with Crippen molar-refractivity contribution in [2.75, 3.05) is 12.4 Å². The second kappa shape index (κ2) is 5.75. The van der Waals surface area contributed by atoms with Gasteiger partial charge in [0.05, 0.1) is 23.2 Å². The van der Waals surface area contributed by atoms with E-state index < -0.39 is 5.97 Å². The fourth-order valence-corrected chi connectivity index (χ4v) is 2.53. The van der Waals surface area contributed by atoms with Crippen LogP contribution in [0.25, 0.3) is 0 Å². The van der Waals surface area contributed by atoms with E-state index in [-0.39, 0.29) is 17.2 Å². The Kier molecular flexibility index (Phi) is 4.05. The smallest absolute Gasteiger partial charge is 0.338 e. The lowest BCUT2D eigenvalue weighted by Crippen LogP contribution is -2.14. The van der Waals surface area contributed by atoms with Gasteiger partial charge in [0.25, 0.3) is 5.91 Å². The highest BCUT2D eigenvalue weighted by molar-refractivity contribution is 7.12. The number of carboxylic acid groups (broad SMARTS) is 1. The molecule has 0 spiro atoms. The molecule has 104 valence electrons. The minimum Gasteiger partial charge on any atom is -0.496 e. The molecule has 1 amide bonds. The van der Waals surface area contributed by atoms with Crippen LogP contribution in [-0.2, 0) is 0 Å². The third-order valence-corrected chi connectivity index (χ3v) is 3.68. The maximum Gasteiger partial charge on any atom is 0.338 e. The Labute approximate surface area is 119 Å². The Morgan fingerprint density at radius 1 is 1.35 bits per heavy atom. The number of benzene rings is 1. The number of carboxylic acids is 1. The molecule has 0 aliphatic carbocycles. The van der Waals surface area contributed by atoms with Gasteiger partial charge in [-0.2, -0.15) is 0 Å². The minimum atomic E-state index is -1.07. The van der Waals surface area contributed by atoms with Crippen molar-refractivity contribution in [3.8, 4) is 5.75 Å². The van der Waals surface area contributed by atoms with Crippen LogP contribution >= 0.6 is 11.3 Å². The zero-order valence-corrected chi connectivity index (χ0v) is 11.8. The first-order chi connectivity index (χ1) is 9.52. The molecule has 0 saturated heterocycles. The highest BCUT2D eigenvalue weighted by atomic mass is 32.1. The number of nitrogens with one attached hydrogen (secondary N) is 1. The van der Waals surface area contributed by atoms with Crippen LogP contribution in [0.2, 0.25) is 0 Å². The van der Waals surface area contributed by atoms with Crippen LogP contribution in [0.3, 0.4) is 0 Å². The molecule has 20 heavy (non-hydrogen) atoms. The van der Waals surface area contributed by atoms with Gasteiger partial charge >= 0.3 is 5.97 Å². The average molecular weight is 291 g/mol. The molecular formula is C14H13NO4S. The van der Waals surface area contributed by atoms with Gasteiger partial charge in [-0.05, 0) is 18.6 Å². The van der Waals surface area contributed by atoms with E-state index in [1.807, 2.05) is 0 Å². The third-order valence-electron chi connectivity index (χ3n) is 2.77. The van der Waals surface area contributed by atoms with E-state index in [1.54, 1.807) is 36.6 Å². The number of amides is 1. The second-order valence-electron chi connectivity index (χ2n) is 4.11. The molecule has 0 radical (unpaired) electrons. The lowest BCUT2D eigenvalue weighted by molar-refractivity contribution is 0.0697. The monoisotopic (exact) mass is 291 g/mol. The van der Waals surface area contributed by atoms with Crippen LogP contribution in [0.4, 0.5) is 5.69 Å². The third kappa shape index (κ3) is 2.80. The van der Waals surface area contributed by atoms with Gasteiger partial charge in [0.15, 0.2) is 0 Å². The number of aryl methyl sites for hydroxylation is 1. The van der Waals surface area contributed by atoms with Gasteiger partial charge < -0.3 is 15.2 Å². The lowest BCUT2D eigenvalue weighted by Gasteiger charge is -2.09. The van der Waals surface area contributed by atoms with Crippen molar-refractivity contribution in [2.45, 2.75) is 6.92 Å². The number of carbonyl (C=O) groups excluding carboxylic acids is 1. The second-order valence-corrected chi connectivity index (χ2v) is 5.02. The van der Waals surface area contributed by atoms with Crippen LogP contribution in [0.1, 0.15) is 25.6 Å². The van der Waals surface area contributed by atoms with E-state index in [1.165, 1.54) is 18.4 Å². The van der Waals surface area contributed by atoms with Crippen molar-refractivity contribution in [3.63, 3.8) is 0 Å². The Bertz CT molecular complexity index is 663. The van der Waals surface area contributed by atoms with E-state index >= 15 is 0 Å². The summed E-state index contributed by atoms with van der Waals surface area (Å²) in [5, 5.41) is 13.5. The fraction of sp³-hybridized carbons (Fsp3) is 0.143. The first-order valence-corrected chi connectivity index (χ1v) is 6.67. The number of ether oxygens (including phenoxy) is 1. The largest absolute Gasteiger partial charge is 0.496 e. The summed E-state index contributed by atoms with van der Waals surface area (Å²) >= 11 is 1.24. The highest BCUT2D eigenvalue weighted by Gasteiger charge is 2.16. The molecule has 0 aliphatic rings. The predicted octanol–water partition coefficient (Wildman–Crippen LogP) is 3.02. The summed E-state index contributed by atoms with van der Waals surface area (Å²) in [4.78, 5) is 23.8. The zero-order chi connectivity index (χ0) is 14.7.